The van der Waals surface area contributed by atoms with E-state index in [0.29, 0.717) is 11.4 Å². The molecule has 2 N–H and O–H groups in total. The molecule has 0 aromatic carbocycles. The Hall–Kier alpha value is -0.680. The van der Waals surface area contributed by atoms with Gasteiger partial charge < -0.3 is 10.5 Å². The zero-order valence-corrected chi connectivity index (χ0v) is 10.6. The number of likely N-dealkylation sites (tertiary alicyclic amines) is 1. The van der Waals surface area contributed by atoms with Crippen molar-refractivity contribution in [3.05, 3.63) is 0 Å². The molecule has 1 aliphatic heterocycles. The fourth-order valence-electron chi connectivity index (χ4n) is 2.11. The van der Waals surface area contributed by atoms with Crippen molar-refractivity contribution in [3.63, 3.8) is 0 Å². The van der Waals surface area contributed by atoms with Crippen LogP contribution in [0.4, 0.5) is 0 Å². The Morgan fingerprint density at radius 2 is 2.31 bits per heavy atom. The quantitative estimate of drug-likeness (QED) is 0.579. The third-order valence-electron chi connectivity index (χ3n) is 3.00. The molecule has 0 aromatic rings. The van der Waals surface area contributed by atoms with E-state index in [9.17, 15) is 4.79 Å². The van der Waals surface area contributed by atoms with Crippen molar-refractivity contribution < 1.29 is 9.53 Å². The summed E-state index contributed by atoms with van der Waals surface area (Å²) in [5.41, 5.74) is 5.71. The summed E-state index contributed by atoms with van der Waals surface area (Å²) in [4.78, 5) is 13.8. The average molecular weight is 244 g/mol. The van der Waals surface area contributed by atoms with Crippen LogP contribution in [-0.4, -0.2) is 42.1 Å². The van der Waals surface area contributed by atoms with Crippen molar-refractivity contribution in [2.75, 3.05) is 20.2 Å². The lowest BCUT2D eigenvalue weighted by Crippen LogP contribution is -2.47. The maximum absolute atomic E-state index is 11.0. The minimum absolute atomic E-state index is 0.149. The second kappa shape index (κ2) is 6.81. The van der Waals surface area contributed by atoms with Gasteiger partial charge in [0, 0.05) is 6.42 Å². The lowest BCUT2D eigenvalue weighted by molar-refractivity contribution is -0.140. The summed E-state index contributed by atoms with van der Waals surface area (Å²) in [6.45, 7) is 1.90. The SMILES string of the molecule is COC(=O)CCCN1CCCCC1C(N)=S. The van der Waals surface area contributed by atoms with E-state index in [1.807, 2.05) is 0 Å². The van der Waals surface area contributed by atoms with Gasteiger partial charge in [0.2, 0.25) is 0 Å². The van der Waals surface area contributed by atoms with Crippen molar-refractivity contribution in [1.82, 2.24) is 4.90 Å². The van der Waals surface area contributed by atoms with Gasteiger partial charge >= 0.3 is 5.97 Å². The molecule has 0 spiro atoms. The number of hydrogen-bond acceptors (Lipinski definition) is 4. The van der Waals surface area contributed by atoms with Crippen LogP contribution in [0.5, 0.6) is 0 Å². The number of esters is 1. The van der Waals surface area contributed by atoms with E-state index in [1.54, 1.807) is 0 Å². The molecule has 1 aliphatic rings. The summed E-state index contributed by atoms with van der Waals surface area (Å²) in [6, 6.07) is 0.224. The molecule has 92 valence electrons. The highest BCUT2D eigenvalue weighted by Crippen LogP contribution is 2.17. The number of piperidine rings is 1. The van der Waals surface area contributed by atoms with Gasteiger partial charge in [-0.15, -0.1) is 0 Å². The van der Waals surface area contributed by atoms with E-state index >= 15 is 0 Å². The normalized spacial score (nSPS) is 21.7. The van der Waals surface area contributed by atoms with Gasteiger partial charge in [-0.05, 0) is 32.4 Å². The number of rotatable bonds is 5. The first-order valence-corrected chi connectivity index (χ1v) is 6.16. The molecular formula is C11H20N2O2S. The lowest BCUT2D eigenvalue weighted by Gasteiger charge is -2.34. The molecule has 0 amide bonds. The predicted molar refractivity (Wildman–Crippen MR) is 67.2 cm³/mol. The number of nitrogens with zero attached hydrogens (tertiary/aromatic N) is 1. The molecule has 4 nitrogen and oxygen atoms in total. The minimum atomic E-state index is -0.149. The Morgan fingerprint density at radius 3 is 2.94 bits per heavy atom. The second-order valence-electron chi connectivity index (χ2n) is 4.13. The monoisotopic (exact) mass is 244 g/mol. The molecule has 0 radical (unpaired) electrons. The van der Waals surface area contributed by atoms with E-state index in [0.717, 1.165) is 25.9 Å². The Labute approximate surface area is 102 Å². The first-order valence-electron chi connectivity index (χ1n) is 5.75. The molecule has 1 rings (SSSR count). The number of carbonyl (C=O) groups excluding carboxylic acids is 1. The molecule has 0 aliphatic carbocycles. The first-order chi connectivity index (χ1) is 7.65. The summed E-state index contributed by atoms with van der Waals surface area (Å²) in [5, 5.41) is 0. The van der Waals surface area contributed by atoms with E-state index in [2.05, 4.69) is 9.64 Å². The van der Waals surface area contributed by atoms with Crippen LogP contribution in [0.2, 0.25) is 0 Å². The molecule has 0 saturated carbocycles. The van der Waals surface area contributed by atoms with E-state index in [4.69, 9.17) is 18.0 Å². The Kier molecular flexibility index (Phi) is 5.69. The van der Waals surface area contributed by atoms with Gasteiger partial charge in [0.25, 0.3) is 0 Å². The van der Waals surface area contributed by atoms with Crippen LogP contribution in [0, 0.1) is 0 Å². The number of carbonyl (C=O) groups is 1. The summed E-state index contributed by atoms with van der Waals surface area (Å²) in [7, 11) is 1.42. The highest BCUT2D eigenvalue weighted by Gasteiger charge is 2.23. The maximum atomic E-state index is 11.0. The van der Waals surface area contributed by atoms with Crippen LogP contribution >= 0.6 is 12.2 Å². The molecule has 0 bridgehead atoms. The predicted octanol–water partition coefficient (Wildman–Crippen LogP) is 1.08. The van der Waals surface area contributed by atoms with Gasteiger partial charge in [-0.25, -0.2) is 0 Å². The van der Waals surface area contributed by atoms with Crippen LogP contribution in [0.1, 0.15) is 32.1 Å². The van der Waals surface area contributed by atoms with E-state index in [1.165, 1.54) is 20.0 Å². The highest BCUT2D eigenvalue weighted by molar-refractivity contribution is 7.80. The maximum Gasteiger partial charge on any atom is 0.305 e. The zero-order valence-electron chi connectivity index (χ0n) is 9.78. The number of thiocarbonyl (C=S) groups is 1. The van der Waals surface area contributed by atoms with Crippen molar-refractivity contribution >= 4 is 23.2 Å². The van der Waals surface area contributed by atoms with Crippen LogP contribution in [0.15, 0.2) is 0 Å². The fourth-order valence-corrected chi connectivity index (χ4v) is 2.38. The first kappa shape index (κ1) is 13.4. The molecular weight excluding hydrogens is 224 g/mol. The van der Waals surface area contributed by atoms with Crippen LogP contribution in [-0.2, 0) is 9.53 Å². The average Bonchev–Trinajstić information content (AvgIpc) is 2.29. The lowest BCUT2D eigenvalue weighted by atomic mass is 10.0. The molecule has 1 saturated heterocycles. The molecule has 1 atom stereocenters. The number of ether oxygens (including phenoxy) is 1. The van der Waals surface area contributed by atoms with Gasteiger partial charge in [-0.3, -0.25) is 9.69 Å². The highest BCUT2D eigenvalue weighted by atomic mass is 32.1. The summed E-state index contributed by atoms with van der Waals surface area (Å²) in [6.07, 6.45) is 4.71. The Morgan fingerprint density at radius 1 is 1.56 bits per heavy atom. The Bertz CT molecular complexity index is 258. The van der Waals surface area contributed by atoms with Gasteiger partial charge in [0.05, 0.1) is 18.1 Å². The third kappa shape index (κ3) is 4.06. The zero-order chi connectivity index (χ0) is 12.0. The van der Waals surface area contributed by atoms with E-state index in [-0.39, 0.29) is 12.0 Å². The largest absolute Gasteiger partial charge is 0.469 e. The molecule has 5 heteroatoms. The van der Waals surface area contributed by atoms with Gasteiger partial charge in [-0.1, -0.05) is 18.6 Å². The molecule has 0 aromatic heterocycles. The number of nitrogens with two attached hydrogens (primary N) is 1. The number of methoxy groups -OCH3 is 1. The van der Waals surface area contributed by atoms with E-state index < -0.39 is 0 Å². The summed E-state index contributed by atoms with van der Waals surface area (Å²) in [5.74, 6) is -0.149. The van der Waals surface area contributed by atoms with Crippen molar-refractivity contribution in [3.8, 4) is 0 Å². The summed E-state index contributed by atoms with van der Waals surface area (Å²) < 4.78 is 4.61. The summed E-state index contributed by atoms with van der Waals surface area (Å²) >= 11 is 5.06. The Balaban J connectivity index is 2.32. The van der Waals surface area contributed by atoms with Crippen molar-refractivity contribution in [2.45, 2.75) is 38.1 Å². The molecule has 1 unspecified atom stereocenters. The molecule has 1 fully saturated rings. The van der Waals surface area contributed by atoms with Crippen molar-refractivity contribution in [1.29, 1.82) is 0 Å². The van der Waals surface area contributed by atoms with Crippen LogP contribution in [0.3, 0.4) is 0 Å². The minimum Gasteiger partial charge on any atom is -0.469 e. The molecule has 1 heterocycles. The topological polar surface area (TPSA) is 55.6 Å². The second-order valence-corrected chi connectivity index (χ2v) is 4.60. The van der Waals surface area contributed by atoms with Crippen LogP contribution < -0.4 is 5.73 Å². The van der Waals surface area contributed by atoms with Gasteiger partial charge in [0.1, 0.15) is 0 Å². The van der Waals surface area contributed by atoms with Crippen molar-refractivity contribution in [2.24, 2.45) is 5.73 Å². The fraction of sp³-hybridized carbons (Fsp3) is 0.818. The van der Waals surface area contributed by atoms with Gasteiger partial charge in [-0.2, -0.15) is 0 Å². The smallest absolute Gasteiger partial charge is 0.305 e. The number of hydrogen-bond donors (Lipinski definition) is 1. The standard InChI is InChI=1S/C11H20N2O2S/c1-15-10(14)6-4-8-13-7-3-2-5-9(13)11(12)16/h9H,2-8H2,1H3,(H2,12,16). The third-order valence-corrected chi connectivity index (χ3v) is 3.27. The molecule has 16 heavy (non-hydrogen) atoms. The van der Waals surface area contributed by atoms with Crippen LogP contribution in [0.25, 0.3) is 0 Å². The van der Waals surface area contributed by atoms with Gasteiger partial charge in [0.15, 0.2) is 0 Å².